The molecule has 0 aliphatic rings. The van der Waals surface area contributed by atoms with E-state index in [2.05, 4.69) is 56.4 Å². The molecule has 124 valence electrons. The van der Waals surface area contributed by atoms with Crippen molar-refractivity contribution in [3.63, 3.8) is 0 Å². The second-order valence-electron chi connectivity index (χ2n) is 5.42. The van der Waals surface area contributed by atoms with Crippen LogP contribution in [-0.2, 0) is 11.2 Å². The van der Waals surface area contributed by atoms with Crippen molar-refractivity contribution in [3.8, 4) is 12.3 Å². The third kappa shape index (κ3) is 8.36. The van der Waals surface area contributed by atoms with Gasteiger partial charge in [-0.25, -0.2) is 0 Å². The number of terminal acetylenes is 1. The van der Waals surface area contributed by atoms with Gasteiger partial charge in [-0.1, -0.05) is 32.9 Å². The van der Waals surface area contributed by atoms with Gasteiger partial charge in [0.05, 0.1) is 0 Å². The number of allylic oxidation sites excluding steroid dienone is 1. The molecule has 1 aromatic rings. The Morgan fingerprint density at radius 3 is 2.45 bits per heavy atom. The summed E-state index contributed by atoms with van der Waals surface area (Å²) in [5, 5.41) is 2.83. The quantitative estimate of drug-likeness (QED) is 0.781. The van der Waals surface area contributed by atoms with Crippen LogP contribution in [-0.4, -0.2) is 17.4 Å². The molecule has 3 nitrogen and oxygen atoms in total. The Balaban J connectivity index is 0. The summed E-state index contributed by atoms with van der Waals surface area (Å²) in [5.41, 5.74) is 5.10. The molecule has 0 radical (unpaired) electrons. The molecule has 0 saturated heterocycles. The molecule has 0 aromatic carbocycles. The third-order valence-electron chi connectivity index (χ3n) is 3.26. The minimum Gasteiger partial charge on any atom is -0.364 e. The molecule has 3 heteroatoms. The molecular weight excluding hydrogens is 272 g/mol. The van der Waals surface area contributed by atoms with Gasteiger partial charge in [0, 0.05) is 25.4 Å². The Kier molecular flexibility index (Phi) is 11.9. The van der Waals surface area contributed by atoms with Gasteiger partial charge in [0.15, 0.2) is 0 Å². The number of hydrogen-bond acceptors (Lipinski definition) is 1. The largest absolute Gasteiger partial charge is 0.364 e. The SMILES string of the molecule is C.C#CC.CC(=O)NCCc1c[nH]c(C)c1/C=C(\C)C(C)C. The van der Waals surface area contributed by atoms with Crippen molar-refractivity contribution in [2.75, 3.05) is 6.54 Å². The topological polar surface area (TPSA) is 44.9 Å². The van der Waals surface area contributed by atoms with Crippen LogP contribution >= 0.6 is 0 Å². The summed E-state index contributed by atoms with van der Waals surface area (Å²) in [6.07, 6.45) is 9.75. The molecule has 0 atom stereocenters. The highest BCUT2D eigenvalue weighted by Crippen LogP contribution is 2.20. The maximum absolute atomic E-state index is 10.9. The second-order valence-corrected chi connectivity index (χ2v) is 5.42. The third-order valence-corrected chi connectivity index (χ3v) is 3.26. The fourth-order valence-corrected chi connectivity index (χ4v) is 1.77. The summed E-state index contributed by atoms with van der Waals surface area (Å²) >= 11 is 0. The van der Waals surface area contributed by atoms with E-state index in [9.17, 15) is 4.79 Å². The number of amides is 1. The smallest absolute Gasteiger partial charge is 0.216 e. The average Bonchev–Trinajstić information content (AvgIpc) is 2.72. The Morgan fingerprint density at radius 2 is 2.00 bits per heavy atom. The van der Waals surface area contributed by atoms with Crippen molar-refractivity contribution in [1.82, 2.24) is 10.3 Å². The summed E-state index contributed by atoms with van der Waals surface area (Å²) in [6.45, 7) is 12.5. The molecular formula is C19H32N2O. The molecule has 0 spiro atoms. The van der Waals surface area contributed by atoms with E-state index in [4.69, 9.17) is 0 Å². The lowest BCUT2D eigenvalue weighted by Crippen LogP contribution is -2.22. The molecule has 1 rings (SSSR count). The van der Waals surface area contributed by atoms with Gasteiger partial charge in [0.25, 0.3) is 0 Å². The first-order chi connectivity index (χ1) is 9.83. The molecule has 1 aromatic heterocycles. The zero-order valence-corrected chi connectivity index (χ0v) is 14.1. The van der Waals surface area contributed by atoms with E-state index in [1.54, 1.807) is 13.8 Å². The van der Waals surface area contributed by atoms with Crippen molar-refractivity contribution in [3.05, 3.63) is 28.6 Å². The molecule has 1 amide bonds. The highest BCUT2D eigenvalue weighted by atomic mass is 16.1. The predicted octanol–water partition coefficient (Wildman–Crippen LogP) is 4.34. The minimum absolute atomic E-state index is 0. The van der Waals surface area contributed by atoms with Gasteiger partial charge in [-0.3, -0.25) is 4.79 Å². The average molecular weight is 304 g/mol. The van der Waals surface area contributed by atoms with Crippen LogP contribution in [0.25, 0.3) is 6.08 Å². The van der Waals surface area contributed by atoms with E-state index >= 15 is 0 Å². The molecule has 22 heavy (non-hydrogen) atoms. The van der Waals surface area contributed by atoms with Crippen molar-refractivity contribution in [1.29, 1.82) is 0 Å². The van der Waals surface area contributed by atoms with Gasteiger partial charge < -0.3 is 10.3 Å². The van der Waals surface area contributed by atoms with Crippen LogP contribution in [0.4, 0.5) is 0 Å². The molecule has 2 N–H and O–H groups in total. The van der Waals surface area contributed by atoms with Gasteiger partial charge in [-0.15, -0.1) is 12.3 Å². The summed E-state index contributed by atoms with van der Waals surface area (Å²) in [7, 11) is 0. The zero-order valence-electron chi connectivity index (χ0n) is 14.1. The molecule has 0 saturated carbocycles. The van der Waals surface area contributed by atoms with Crippen LogP contribution in [0.15, 0.2) is 11.8 Å². The minimum atomic E-state index is 0. The van der Waals surface area contributed by atoms with Gasteiger partial charge in [-0.2, -0.15) is 0 Å². The zero-order chi connectivity index (χ0) is 16.4. The summed E-state index contributed by atoms with van der Waals surface area (Å²) in [6, 6.07) is 0. The maximum atomic E-state index is 10.9. The fourth-order valence-electron chi connectivity index (χ4n) is 1.77. The van der Waals surface area contributed by atoms with Crippen LogP contribution in [0, 0.1) is 25.2 Å². The van der Waals surface area contributed by atoms with E-state index in [0.29, 0.717) is 12.5 Å². The molecule has 0 bridgehead atoms. The Labute approximate surface area is 136 Å². The van der Waals surface area contributed by atoms with Crippen LogP contribution in [0.3, 0.4) is 0 Å². The predicted molar refractivity (Wildman–Crippen MR) is 97.6 cm³/mol. The number of rotatable bonds is 5. The van der Waals surface area contributed by atoms with E-state index in [0.717, 1.165) is 6.42 Å². The maximum Gasteiger partial charge on any atom is 0.216 e. The van der Waals surface area contributed by atoms with Crippen molar-refractivity contribution in [2.45, 2.75) is 55.4 Å². The second kappa shape index (κ2) is 11.7. The number of hydrogen-bond donors (Lipinski definition) is 2. The number of carbonyl (C=O) groups excluding carboxylic acids is 1. The lowest BCUT2D eigenvalue weighted by atomic mass is 9.99. The van der Waals surface area contributed by atoms with Crippen LogP contribution in [0.5, 0.6) is 0 Å². The lowest BCUT2D eigenvalue weighted by molar-refractivity contribution is -0.118. The van der Waals surface area contributed by atoms with Crippen molar-refractivity contribution < 1.29 is 4.79 Å². The standard InChI is InChI=1S/C15H24N2O.C3H4.CH4/c1-10(2)11(3)8-15-12(4)17-9-14(15)6-7-16-13(5)18;1-3-2;/h8-10,17H,6-7H2,1-5H3,(H,16,18);1H,2H3;1H4/b11-8+;;. The van der Waals surface area contributed by atoms with Crippen molar-refractivity contribution >= 4 is 12.0 Å². The molecule has 0 aliphatic carbocycles. The Morgan fingerprint density at radius 1 is 1.45 bits per heavy atom. The van der Waals surface area contributed by atoms with E-state index in [1.165, 1.54) is 22.4 Å². The van der Waals surface area contributed by atoms with Gasteiger partial charge in [0.1, 0.15) is 0 Å². The number of H-pyrrole nitrogens is 1. The molecule has 1 heterocycles. The normalized spacial score (nSPS) is 10.2. The van der Waals surface area contributed by atoms with E-state index < -0.39 is 0 Å². The van der Waals surface area contributed by atoms with Gasteiger partial charge in [-0.05, 0) is 44.2 Å². The number of nitrogens with one attached hydrogen (secondary N) is 2. The van der Waals surface area contributed by atoms with Gasteiger partial charge >= 0.3 is 0 Å². The van der Waals surface area contributed by atoms with E-state index in [1.807, 2.05) is 6.20 Å². The first-order valence-electron chi connectivity index (χ1n) is 7.30. The highest BCUT2D eigenvalue weighted by molar-refractivity contribution is 5.72. The summed E-state index contributed by atoms with van der Waals surface area (Å²) in [4.78, 5) is 14.1. The monoisotopic (exact) mass is 304 g/mol. The van der Waals surface area contributed by atoms with Crippen LogP contribution in [0.2, 0.25) is 0 Å². The molecule has 0 aliphatic heterocycles. The van der Waals surface area contributed by atoms with E-state index in [-0.39, 0.29) is 13.3 Å². The molecule has 0 unspecified atom stereocenters. The summed E-state index contributed by atoms with van der Waals surface area (Å²) in [5.74, 6) is 2.83. The van der Waals surface area contributed by atoms with Gasteiger partial charge in [0.2, 0.25) is 5.91 Å². The number of aromatic amines is 1. The van der Waals surface area contributed by atoms with Crippen LogP contribution in [0.1, 0.15) is 58.9 Å². The highest BCUT2D eigenvalue weighted by Gasteiger charge is 2.07. The van der Waals surface area contributed by atoms with Crippen molar-refractivity contribution in [2.24, 2.45) is 5.92 Å². The first-order valence-corrected chi connectivity index (χ1v) is 7.30. The van der Waals surface area contributed by atoms with Crippen LogP contribution < -0.4 is 5.32 Å². The number of aryl methyl sites for hydroxylation is 1. The lowest BCUT2D eigenvalue weighted by Gasteiger charge is -2.07. The summed E-state index contributed by atoms with van der Waals surface area (Å²) < 4.78 is 0. The number of aromatic nitrogens is 1. The Hall–Kier alpha value is -1.95. The Bertz CT molecular complexity index is 516. The molecule has 0 fully saturated rings. The fraction of sp³-hybridized carbons (Fsp3) is 0.526. The first kappa shape index (κ1) is 22.3. The number of carbonyl (C=O) groups is 1.